The summed E-state index contributed by atoms with van der Waals surface area (Å²) in [7, 11) is 0. The van der Waals surface area contributed by atoms with Crippen molar-refractivity contribution in [2.75, 3.05) is 6.54 Å². The van der Waals surface area contributed by atoms with Gasteiger partial charge in [0.15, 0.2) is 0 Å². The molecule has 6 nitrogen and oxygen atoms in total. The van der Waals surface area contributed by atoms with Crippen molar-refractivity contribution in [2.45, 2.75) is 52.9 Å². The number of alkyl carbamates (subject to hydrolysis) is 2. The third-order valence-electron chi connectivity index (χ3n) is 3.19. The topological polar surface area (TPSA) is 76.7 Å². The predicted octanol–water partition coefficient (Wildman–Crippen LogP) is 3.46. The lowest BCUT2D eigenvalue weighted by atomic mass is 10.1. The van der Waals surface area contributed by atoms with Crippen molar-refractivity contribution in [1.29, 1.82) is 0 Å². The van der Waals surface area contributed by atoms with E-state index in [2.05, 4.69) is 10.6 Å². The van der Waals surface area contributed by atoms with Gasteiger partial charge in [-0.1, -0.05) is 44.2 Å². The zero-order valence-electron chi connectivity index (χ0n) is 15.1. The van der Waals surface area contributed by atoms with Gasteiger partial charge in [-0.15, -0.1) is 0 Å². The van der Waals surface area contributed by atoms with E-state index in [9.17, 15) is 9.59 Å². The molecule has 2 N–H and O–H groups in total. The Kier molecular flexibility index (Phi) is 7.55. The molecule has 6 heteroatoms. The van der Waals surface area contributed by atoms with Crippen molar-refractivity contribution in [3.63, 3.8) is 0 Å². The Balaban J connectivity index is 2.42. The van der Waals surface area contributed by atoms with Crippen LogP contribution in [0, 0.1) is 5.92 Å². The van der Waals surface area contributed by atoms with Gasteiger partial charge in [0.05, 0.1) is 6.04 Å². The van der Waals surface area contributed by atoms with E-state index < -0.39 is 17.8 Å². The standard InChI is InChI=1S/C18H28N2O4/c1-13(2)15(11-19-16(21)24-18(3,4)5)20-17(22)23-12-14-9-7-6-8-10-14/h6-10,13,15H,11-12H2,1-5H3,(H,19,21)(H,20,22). The number of amides is 2. The van der Waals surface area contributed by atoms with Crippen LogP contribution in [-0.2, 0) is 16.1 Å². The van der Waals surface area contributed by atoms with E-state index >= 15 is 0 Å². The van der Waals surface area contributed by atoms with Crippen LogP contribution in [0.2, 0.25) is 0 Å². The van der Waals surface area contributed by atoms with Crippen LogP contribution in [0.3, 0.4) is 0 Å². The summed E-state index contributed by atoms with van der Waals surface area (Å²) in [5.41, 5.74) is 0.361. The van der Waals surface area contributed by atoms with Crippen LogP contribution < -0.4 is 10.6 Å². The first-order valence-electron chi connectivity index (χ1n) is 8.11. The third kappa shape index (κ3) is 8.41. The van der Waals surface area contributed by atoms with Crippen molar-refractivity contribution in [3.05, 3.63) is 35.9 Å². The highest BCUT2D eigenvalue weighted by molar-refractivity contribution is 5.69. The molecule has 0 aliphatic rings. The summed E-state index contributed by atoms with van der Waals surface area (Å²) < 4.78 is 10.4. The maximum absolute atomic E-state index is 11.9. The fraction of sp³-hybridized carbons (Fsp3) is 0.556. The van der Waals surface area contributed by atoms with Crippen LogP contribution in [0.4, 0.5) is 9.59 Å². The minimum absolute atomic E-state index is 0.129. The maximum Gasteiger partial charge on any atom is 0.407 e. The molecular weight excluding hydrogens is 308 g/mol. The lowest BCUT2D eigenvalue weighted by Gasteiger charge is -2.24. The molecule has 0 fully saturated rings. The Morgan fingerprint density at radius 1 is 1.08 bits per heavy atom. The number of benzene rings is 1. The molecule has 0 aliphatic carbocycles. The first-order chi connectivity index (χ1) is 11.2. The van der Waals surface area contributed by atoms with Crippen LogP contribution in [-0.4, -0.2) is 30.4 Å². The molecular formula is C18H28N2O4. The molecule has 0 heterocycles. The molecule has 0 aliphatic heterocycles. The lowest BCUT2D eigenvalue weighted by Crippen LogP contribution is -2.47. The Morgan fingerprint density at radius 3 is 2.25 bits per heavy atom. The monoisotopic (exact) mass is 336 g/mol. The number of ether oxygens (including phenoxy) is 2. The summed E-state index contributed by atoms with van der Waals surface area (Å²) in [6.07, 6.45) is -1.02. The second-order valence-corrected chi connectivity index (χ2v) is 6.94. The number of carbonyl (C=O) groups excluding carboxylic acids is 2. The Hall–Kier alpha value is -2.24. The van der Waals surface area contributed by atoms with E-state index in [1.165, 1.54) is 0 Å². The molecule has 2 amide bonds. The number of hydrogen-bond acceptors (Lipinski definition) is 4. The van der Waals surface area contributed by atoms with E-state index in [0.29, 0.717) is 0 Å². The average molecular weight is 336 g/mol. The highest BCUT2D eigenvalue weighted by Gasteiger charge is 2.20. The van der Waals surface area contributed by atoms with Gasteiger partial charge in [0, 0.05) is 6.54 Å². The SMILES string of the molecule is CC(C)C(CNC(=O)OC(C)(C)C)NC(=O)OCc1ccccc1. The average Bonchev–Trinajstić information content (AvgIpc) is 2.48. The fourth-order valence-electron chi connectivity index (χ4n) is 1.88. The molecule has 24 heavy (non-hydrogen) atoms. The van der Waals surface area contributed by atoms with E-state index in [0.717, 1.165) is 5.56 Å². The van der Waals surface area contributed by atoms with Gasteiger partial charge >= 0.3 is 12.2 Å². The highest BCUT2D eigenvalue weighted by Crippen LogP contribution is 2.07. The van der Waals surface area contributed by atoms with E-state index in [1.807, 2.05) is 44.2 Å². The largest absolute Gasteiger partial charge is 0.445 e. The smallest absolute Gasteiger partial charge is 0.407 e. The predicted molar refractivity (Wildman–Crippen MR) is 92.6 cm³/mol. The molecule has 1 atom stereocenters. The quantitative estimate of drug-likeness (QED) is 0.834. The third-order valence-corrected chi connectivity index (χ3v) is 3.19. The lowest BCUT2D eigenvalue weighted by molar-refractivity contribution is 0.0517. The van der Waals surface area contributed by atoms with Gasteiger partial charge in [-0.25, -0.2) is 9.59 Å². The van der Waals surface area contributed by atoms with Gasteiger partial charge in [0.25, 0.3) is 0 Å². The van der Waals surface area contributed by atoms with Gasteiger partial charge in [-0.2, -0.15) is 0 Å². The molecule has 1 rings (SSSR count). The summed E-state index contributed by atoms with van der Waals surface area (Å²) in [6, 6.07) is 9.20. The van der Waals surface area contributed by atoms with Gasteiger partial charge in [-0.05, 0) is 32.3 Å². The summed E-state index contributed by atoms with van der Waals surface area (Å²) >= 11 is 0. The Morgan fingerprint density at radius 2 is 1.71 bits per heavy atom. The Labute approximate surface area is 143 Å². The summed E-state index contributed by atoms with van der Waals surface area (Å²) in [5, 5.41) is 5.44. The first-order valence-corrected chi connectivity index (χ1v) is 8.11. The molecule has 1 aromatic rings. The van der Waals surface area contributed by atoms with Gasteiger partial charge < -0.3 is 20.1 Å². The molecule has 0 radical (unpaired) electrons. The zero-order chi connectivity index (χ0) is 18.2. The van der Waals surface area contributed by atoms with Crippen molar-refractivity contribution in [1.82, 2.24) is 10.6 Å². The van der Waals surface area contributed by atoms with Gasteiger partial charge in [0.1, 0.15) is 12.2 Å². The molecule has 0 spiro atoms. The van der Waals surface area contributed by atoms with Crippen LogP contribution in [0.15, 0.2) is 30.3 Å². The van der Waals surface area contributed by atoms with E-state index in [4.69, 9.17) is 9.47 Å². The zero-order valence-corrected chi connectivity index (χ0v) is 15.1. The second-order valence-electron chi connectivity index (χ2n) is 6.94. The van der Waals surface area contributed by atoms with Crippen molar-refractivity contribution in [2.24, 2.45) is 5.92 Å². The molecule has 0 bridgehead atoms. The minimum Gasteiger partial charge on any atom is -0.445 e. The van der Waals surface area contributed by atoms with Crippen LogP contribution in [0.1, 0.15) is 40.2 Å². The van der Waals surface area contributed by atoms with Crippen LogP contribution in [0.25, 0.3) is 0 Å². The van der Waals surface area contributed by atoms with E-state index in [1.54, 1.807) is 20.8 Å². The van der Waals surface area contributed by atoms with Crippen LogP contribution >= 0.6 is 0 Å². The minimum atomic E-state index is -0.556. The Bertz CT molecular complexity index is 524. The molecule has 0 aromatic heterocycles. The molecule has 0 saturated heterocycles. The van der Waals surface area contributed by atoms with Crippen molar-refractivity contribution < 1.29 is 19.1 Å². The molecule has 0 saturated carbocycles. The fourth-order valence-corrected chi connectivity index (χ4v) is 1.88. The maximum atomic E-state index is 11.9. The summed E-state index contributed by atoms with van der Waals surface area (Å²) in [6.45, 7) is 9.78. The number of hydrogen-bond donors (Lipinski definition) is 2. The number of rotatable bonds is 6. The second kappa shape index (κ2) is 9.15. The summed E-state index contributed by atoms with van der Waals surface area (Å²) in [5.74, 6) is 0.129. The highest BCUT2D eigenvalue weighted by atomic mass is 16.6. The normalized spacial score (nSPS) is 12.4. The van der Waals surface area contributed by atoms with Crippen molar-refractivity contribution in [3.8, 4) is 0 Å². The molecule has 1 unspecified atom stereocenters. The summed E-state index contributed by atoms with van der Waals surface area (Å²) in [4.78, 5) is 23.6. The van der Waals surface area contributed by atoms with Gasteiger partial charge in [-0.3, -0.25) is 0 Å². The molecule has 1 aromatic carbocycles. The van der Waals surface area contributed by atoms with Gasteiger partial charge in [0.2, 0.25) is 0 Å². The van der Waals surface area contributed by atoms with E-state index in [-0.39, 0.29) is 25.1 Å². The number of carbonyl (C=O) groups is 2. The number of nitrogens with one attached hydrogen (secondary N) is 2. The molecule has 134 valence electrons. The first kappa shape index (κ1) is 19.8. The van der Waals surface area contributed by atoms with Crippen molar-refractivity contribution >= 4 is 12.2 Å². The van der Waals surface area contributed by atoms with Crippen LogP contribution in [0.5, 0.6) is 0 Å².